The van der Waals surface area contributed by atoms with Crippen LogP contribution in [0, 0.1) is 5.41 Å². The summed E-state index contributed by atoms with van der Waals surface area (Å²) in [5, 5.41) is 13.0. The molecule has 1 heterocycles. The molecule has 0 fully saturated rings. The number of amides is 1. The Morgan fingerprint density at radius 1 is 1.02 bits per heavy atom. The predicted octanol–water partition coefficient (Wildman–Crippen LogP) is 5.75. The molecule has 1 unspecified atom stereocenters. The number of hydrogen-bond donors (Lipinski definition) is 3. The highest BCUT2D eigenvalue weighted by Crippen LogP contribution is 2.33. The van der Waals surface area contributed by atoms with E-state index in [4.69, 9.17) is 15.9 Å². The summed E-state index contributed by atoms with van der Waals surface area (Å²) in [7, 11) is 0. The van der Waals surface area contributed by atoms with Gasteiger partial charge >= 0.3 is 5.97 Å². The Labute approximate surface area is 234 Å². The minimum absolute atomic E-state index is 0.0344. The first-order chi connectivity index (χ1) is 19.4. The summed E-state index contributed by atoms with van der Waals surface area (Å²) < 4.78 is 5.45. The zero-order chi connectivity index (χ0) is 28.1. The molecule has 1 atom stereocenters. The van der Waals surface area contributed by atoms with Crippen LogP contribution in [0.2, 0.25) is 0 Å². The number of carbonyl (C=O) groups excluding carboxylic acids is 2. The largest absolute Gasteiger partial charge is 0.464 e. The van der Waals surface area contributed by atoms with Crippen LogP contribution in [0.25, 0.3) is 10.8 Å². The molecule has 7 nitrogen and oxygen atoms in total. The standard InChI is InChI=1S/C33H34N4O3/c1-2-40-33(39)31(28-11-5-8-23-7-3-4-10-27(23)28)36-26-17-18-29-25(21-26)9-6-20-37(29)30(38)19-14-22-12-15-24(16-13-22)32(34)35/h3-5,7-8,10-13,15-18,21,31,36H,2,6,9,14,19-20H2,1H3,(H3,34,35). The van der Waals surface area contributed by atoms with Crippen molar-refractivity contribution in [2.45, 2.75) is 38.6 Å². The van der Waals surface area contributed by atoms with E-state index in [0.717, 1.165) is 51.7 Å². The Hall–Kier alpha value is -4.65. The van der Waals surface area contributed by atoms with Crippen LogP contribution in [0.15, 0.2) is 84.9 Å². The topological polar surface area (TPSA) is 109 Å². The van der Waals surface area contributed by atoms with Gasteiger partial charge < -0.3 is 20.7 Å². The predicted molar refractivity (Wildman–Crippen MR) is 160 cm³/mol. The maximum atomic E-state index is 13.2. The molecule has 1 aliphatic rings. The number of nitrogen functional groups attached to an aromatic ring is 1. The number of benzene rings is 4. The van der Waals surface area contributed by atoms with E-state index in [2.05, 4.69) is 5.32 Å². The first kappa shape index (κ1) is 26.9. The number of carbonyl (C=O) groups is 2. The zero-order valence-electron chi connectivity index (χ0n) is 22.7. The van der Waals surface area contributed by atoms with Gasteiger partial charge in [-0.2, -0.15) is 0 Å². The first-order valence-corrected chi connectivity index (χ1v) is 13.7. The number of aryl methyl sites for hydroxylation is 2. The molecule has 4 aromatic rings. The Balaban J connectivity index is 1.34. The van der Waals surface area contributed by atoms with E-state index in [-0.39, 0.29) is 17.7 Å². The van der Waals surface area contributed by atoms with Crippen molar-refractivity contribution in [2.24, 2.45) is 5.73 Å². The van der Waals surface area contributed by atoms with Crippen LogP contribution in [0.3, 0.4) is 0 Å². The molecule has 204 valence electrons. The third kappa shape index (κ3) is 5.83. The summed E-state index contributed by atoms with van der Waals surface area (Å²) >= 11 is 0. The number of hydrogen-bond acceptors (Lipinski definition) is 5. The van der Waals surface area contributed by atoms with Crippen LogP contribution in [0.1, 0.15) is 48.1 Å². The van der Waals surface area contributed by atoms with Gasteiger partial charge in [0.25, 0.3) is 0 Å². The van der Waals surface area contributed by atoms with Gasteiger partial charge in [-0.15, -0.1) is 0 Å². The fourth-order valence-corrected chi connectivity index (χ4v) is 5.34. The highest BCUT2D eigenvalue weighted by Gasteiger charge is 2.26. The molecule has 1 amide bonds. The zero-order valence-corrected chi connectivity index (χ0v) is 22.7. The van der Waals surface area contributed by atoms with Crippen molar-refractivity contribution in [3.63, 3.8) is 0 Å². The second kappa shape index (κ2) is 12.0. The molecule has 0 aromatic heterocycles. The van der Waals surface area contributed by atoms with Gasteiger partial charge in [0, 0.05) is 29.9 Å². The summed E-state index contributed by atoms with van der Waals surface area (Å²) in [6, 6.07) is 26.7. The van der Waals surface area contributed by atoms with E-state index in [1.54, 1.807) is 0 Å². The maximum Gasteiger partial charge on any atom is 0.333 e. The lowest BCUT2D eigenvalue weighted by Gasteiger charge is -2.30. The molecule has 5 rings (SSSR count). The van der Waals surface area contributed by atoms with E-state index in [9.17, 15) is 9.59 Å². The number of rotatable bonds is 9. The molecular weight excluding hydrogens is 500 g/mol. The number of nitrogens with one attached hydrogen (secondary N) is 2. The van der Waals surface area contributed by atoms with E-state index in [0.29, 0.717) is 31.6 Å². The molecule has 0 radical (unpaired) electrons. The quantitative estimate of drug-likeness (QED) is 0.144. The molecule has 4 N–H and O–H groups in total. The van der Waals surface area contributed by atoms with Crippen molar-refractivity contribution in [1.82, 2.24) is 0 Å². The molecule has 4 aromatic carbocycles. The summed E-state index contributed by atoms with van der Waals surface area (Å²) in [6.45, 7) is 2.79. The number of amidine groups is 1. The lowest BCUT2D eigenvalue weighted by atomic mass is 9.97. The molecular formula is C33H34N4O3. The number of nitrogens with two attached hydrogens (primary N) is 1. The number of anilines is 2. The average Bonchev–Trinajstić information content (AvgIpc) is 2.98. The Morgan fingerprint density at radius 3 is 2.58 bits per heavy atom. The van der Waals surface area contributed by atoms with Gasteiger partial charge in [0.1, 0.15) is 5.84 Å². The van der Waals surface area contributed by atoms with Gasteiger partial charge in [0.05, 0.1) is 6.61 Å². The van der Waals surface area contributed by atoms with Gasteiger partial charge in [-0.3, -0.25) is 10.2 Å². The minimum Gasteiger partial charge on any atom is -0.464 e. The Morgan fingerprint density at radius 2 is 1.80 bits per heavy atom. The van der Waals surface area contributed by atoms with Crippen LogP contribution in [0.4, 0.5) is 11.4 Å². The highest BCUT2D eigenvalue weighted by atomic mass is 16.5. The van der Waals surface area contributed by atoms with Crippen molar-refractivity contribution >= 4 is 39.9 Å². The van der Waals surface area contributed by atoms with Gasteiger partial charge in [-0.1, -0.05) is 66.7 Å². The van der Waals surface area contributed by atoms with Crippen molar-refractivity contribution in [2.75, 3.05) is 23.4 Å². The number of nitrogens with zero attached hydrogens (tertiary/aromatic N) is 1. The summed E-state index contributed by atoms with van der Waals surface area (Å²) in [5.74, 6) is -0.214. The van der Waals surface area contributed by atoms with Crippen molar-refractivity contribution in [3.05, 3.63) is 107 Å². The van der Waals surface area contributed by atoms with E-state index >= 15 is 0 Å². The fourth-order valence-electron chi connectivity index (χ4n) is 5.34. The smallest absolute Gasteiger partial charge is 0.333 e. The van der Waals surface area contributed by atoms with Crippen LogP contribution >= 0.6 is 0 Å². The molecule has 0 saturated carbocycles. The van der Waals surface area contributed by atoms with Crippen LogP contribution < -0.4 is 16.0 Å². The normalized spacial score (nSPS) is 13.4. The monoisotopic (exact) mass is 534 g/mol. The van der Waals surface area contributed by atoms with E-state index in [1.165, 1.54) is 0 Å². The van der Waals surface area contributed by atoms with Crippen molar-refractivity contribution < 1.29 is 14.3 Å². The third-order valence-corrected chi connectivity index (χ3v) is 7.36. The maximum absolute atomic E-state index is 13.2. The van der Waals surface area contributed by atoms with E-state index in [1.807, 2.05) is 96.8 Å². The van der Waals surface area contributed by atoms with Crippen molar-refractivity contribution in [1.29, 1.82) is 5.41 Å². The summed E-state index contributed by atoms with van der Waals surface area (Å²) in [6.07, 6.45) is 2.75. The summed E-state index contributed by atoms with van der Waals surface area (Å²) in [5.41, 5.74) is 10.9. The molecule has 40 heavy (non-hydrogen) atoms. The van der Waals surface area contributed by atoms with Gasteiger partial charge in [-0.25, -0.2) is 4.79 Å². The van der Waals surface area contributed by atoms with Gasteiger partial charge in [-0.05, 0) is 71.8 Å². The van der Waals surface area contributed by atoms with Crippen LogP contribution in [0.5, 0.6) is 0 Å². The number of ether oxygens (including phenoxy) is 1. The number of esters is 1. The van der Waals surface area contributed by atoms with Crippen LogP contribution in [-0.4, -0.2) is 30.9 Å². The second-order valence-corrected chi connectivity index (χ2v) is 10.0. The van der Waals surface area contributed by atoms with Gasteiger partial charge in [0.2, 0.25) is 5.91 Å². The second-order valence-electron chi connectivity index (χ2n) is 10.0. The van der Waals surface area contributed by atoms with E-state index < -0.39 is 6.04 Å². The SMILES string of the molecule is CCOC(=O)C(Nc1ccc2c(c1)CCCN2C(=O)CCc1ccc(C(=N)N)cc1)c1cccc2ccccc12. The van der Waals surface area contributed by atoms with Gasteiger partial charge in [0.15, 0.2) is 6.04 Å². The summed E-state index contributed by atoms with van der Waals surface area (Å²) in [4.78, 5) is 28.2. The number of fused-ring (bicyclic) bond motifs is 2. The minimum atomic E-state index is -0.667. The Kier molecular flexibility index (Phi) is 8.10. The van der Waals surface area contributed by atoms with Crippen LogP contribution in [-0.2, 0) is 27.2 Å². The molecule has 1 aliphatic heterocycles. The fraction of sp³-hybridized carbons (Fsp3) is 0.242. The van der Waals surface area contributed by atoms with Crippen molar-refractivity contribution in [3.8, 4) is 0 Å². The Bertz CT molecular complexity index is 1540. The average molecular weight is 535 g/mol. The molecule has 7 heteroatoms. The first-order valence-electron chi connectivity index (χ1n) is 13.7. The lowest BCUT2D eigenvalue weighted by Crippen LogP contribution is -2.35. The highest BCUT2D eigenvalue weighted by molar-refractivity contribution is 5.96. The molecule has 0 saturated heterocycles. The molecule has 0 aliphatic carbocycles. The lowest BCUT2D eigenvalue weighted by molar-refractivity contribution is -0.144. The molecule has 0 spiro atoms. The third-order valence-electron chi connectivity index (χ3n) is 7.36. The molecule has 0 bridgehead atoms.